The Hall–Kier alpha value is -1.07. The number of hydrogen-bond donors (Lipinski definition) is 2. The van der Waals surface area contributed by atoms with Crippen LogP contribution in [-0.4, -0.2) is 15.0 Å². The molecule has 0 heterocycles. The van der Waals surface area contributed by atoms with Gasteiger partial charge in [0.2, 0.25) is 10.0 Å². The number of aryl methyl sites for hydroxylation is 1. The monoisotopic (exact) mass is 254 g/mol. The first-order valence-electron chi connectivity index (χ1n) is 5.76. The largest absolute Gasteiger partial charge is 0.398 e. The van der Waals surface area contributed by atoms with Crippen molar-refractivity contribution in [2.75, 3.05) is 12.3 Å². The first-order chi connectivity index (χ1) is 7.90. The molecule has 0 aromatic heterocycles. The summed E-state index contributed by atoms with van der Waals surface area (Å²) >= 11 is 0. The molecule has 1 aliphatic rings. The minimum Gasteiger partial charge on any atom is -0.398 e. The Bertz CT molecular complexity index is 510. The van der Waals surface area contributed by atoms with E-state index in [9.17, 15) is 8.42 Å². The van der Waals surface area contributed by atoms with Crippen molar-refractivity contribution in [2.45, 2.75) is 31.6 Å². The Kier molecular flexibility index (Phi) is 3.14. The fourth-order valence-electron chi connectivity index (χ4n) is 1.64. The Balaban J connectivity index is 2.25. The summed E-state index contributed by atoms with van der Waals surface area (Å²) in [6.45, 7) is 4.29. The zero-order valence-corrected chi connectivity index (χ0v) is 11.0. The van der Waals surface area contributed by atoms with Crippen LogP contribution in [0.15, 0.2) is 17.0 Å². The summed E-state index contributed by atoms with van der Waals surface area (Å²) in [5, 5.41) is 0. The van der Waals surface area contributed by atoms with Crippen molar-refractivity contribution >= 4 is 15.7 Å². The third-order valence-electron chi connectivity index (χ3n) is 3.25. The lowest BCUT2D eigenvalue weighted by Crippen LogP contribution is -2.26. The predicted molar refractivity (Wildman–Crippen MR) is 68.2 cm³/mol. The summed E-state index contributed by atoms with van der Waals surface area (Å²) in [6, 6.07) is 3.19. The van der Waals surface area contributed by atoms with Gasteiger partial charge in [0.25, 0.3) is 0 Å². The van der Waals surface area contributed by atoms with E-state index in [4.69, 9.17) is 5.73 Å². The number of hydrogen-bond acceptors (Lipinski definition) is 3. The highest BCUT2D eigenvalue weighted by Gasteiger charge is 2.24. The standard InChI is InChI=1S/C12H18N2O2S/c1-8-5-11(6-12(13)9(8)2)17(15,16)14-7-10-3-4-10/h5-6,10,14H,3-4,7,13H2,1-2H3. The van der Waals surface area contributed by atoms with Crippen LogP contribution >= 0.6 is 0 Å². The number of sulfonamides is 1. The van der Waals surface area contributed by atoms with Gasteiger partial charge in [0.05, 0.1) is 4.90 Å². The average molecular weight is 254 g/mol. The molecule has 17 heavy (non-hydrogen) atoms. The van der Waals surface area contributed by atoms with E-state index >= 15 is 0 Å². The lowest BCUT2D eigenvalue weighted by Gasteiger charge is -2.10. The van der Waals surface area contributed by atoms with Gasteiger partial charge in [-0.05, 0) is 55.9 Å². The van der Waals surface area contributed by atoms with Crippen LogP contribution < -0.4 is 10.5 Å². The van der Waals surface area contributed by atoms with E-state index in [1.165, 1.54) is 6.07 Å². The second-order valence-corrected chi connectivity index (χ2v) is 6.52. The van der Waals surface area contributed by atoms with E-state index in [1.54, 1.807) is 6.07 Å². The number of rotatable bonds is 4. The van der Waals surface area contributed by atoms with Crippen molar-refractivity contribution in [3.8, 4) is 0 Å². The van der Waals surface area contributed by atoms with Crippen LogP contribution in [0.5, 0.6) is 0 Å². The van der Waals surface area contributed by atoms with Crippen LogP contribution in [0, 0.1) is 19.8 Å². The molecule has 1 aromatic carbocycles. The Morgan fingerprint density at radius 2 is 2.00 bits per heavy atom. The van der Waals surface area contributed by atoms with Crippen molar-refractivity contribution < 1.29 is 8.42 Å². The van der Waals surface area contributed by atoms with E-state index in [1.807, 2.05) is 13.8 Å². The number of nitrogens with two attached hydrogens (primary N) is 1. The quantitative estimate of drug-likeness (QED) is 0.801. The lowest BCUT2D eigenvalue weighted by molar-refractivity contribution is 0.577. The number of nitrogens with one attached hydrogen (secondary N) is 1. The van der Waals surface area contributed by atoms with E-state index < -0.39 is 10.0 Å². The second-order valence-electron chi connectivity index (χ2n) is 4.75. The van der Waals surface area contributed by atoms with E-state index in [-0.39, 0.29) is 4.90 Å². The normalized spacial score (nSPS) is 16.1. The van der Waals surface area contributed by atoms with Crippen LogP contribution in [0.4, 0.5) is 5.69 Å². The fourth-order valence-corrected chi connectivity index (χ4v) is 2.88. The van der Waals surface area contributed by atoms with E-state index in [0.717, 1.165) is 24.0 Å². The highest BCUT2D eigenvalue weighted by molar-refractivity contribution is 7.89. The van der Waals surface area contributed by atoms with Crippen LogP contribution in [0.1, 0.15) is 24.0 Å². The maximum absolute atomic E-state index is 12.0. The molecule has 0 amide bonds. The molecule has 0 bridgehead atoms. The maximum atomic E-state index is 12.0. The first kappa shape index (κ1) is 12.4. The van der Waals surface area contributed by atoms with Crippen LogP contribution in [0.3, 0.4) is 0 Å². The maximum Gasteiger partial charge on any atom is 0.240 e. The molecule has 1 aliphatic carbocycles. The molecule has 0 aliphatic heterocycles. The number of anilines is 1. The molecular formula is C12H18N2O2S. The Morgan fingerprint density at radius 1 is 1.35 bits per heavy atom. The van der Waals surface area contributed by atoms with Gasteiger partial charge < -0.3 is 5.73 Å². The summed E-state index contributed by atoms with van der Waals surface area (Å²) < 4.78 is 26.7. The molecule has 1 fully saturated rings. The molecule has 94 valence electrons. The minimum absolute atomic E-state index is 0.263. The second kappa shape index (κ2) is 4.31. The third-order valence-corrected chi connectivity index (χ3v) is 4.65. The van der Waals surface area contributed by atoms with Crippen molar-refractivity contribution in [3.05, 3.63) is 23.3 Å². The number of benzene rings is 1. The Morgan fingerprint density at radius 3 is 2.53 bits per heavy atom. The van der Waals surface area contributed by atoms with Gasteiger partial charge in [-0.2, -0.15) is 0 Å². The fraction of sp³-hybridized carbons (Fsp3) is 0.500. The van der Waals surface area contributed by atoms with Gasteiger partial charge in [0, 0.05) is 12.2 Å². The highest BCUT2D eigenvalue weighted by atomic mass is 32.2. The zero-order chi connectivity index (χ0) is 12.6. The molecule has 0 saturated heterocycles. The van der Waals surface area contributed by atoms with Crippen LogP contribution in [0.2, 0.25) is 0 Å². The van der Waals surface area contributed by atoms with Gasteiger partial charge in [-0.15, -0.1) is 0 Å². The van der Waals surface area contributed by atoms with Crippen LogP contribution in [-0.2, 0) is 10.0 Å². The molecule has 0 radical (unpaired) electrons. The third kappa shape index (κ3) is 2.79. The smallest absolute Gasteiger partial charge is 0.240 e. The SMILES string of the molecule is Cc1cc(S(=O)(=O)NCC2CC2)cc(N)c1C. The van der Waals surface area contributed by atoms with Gasteiger partial charge >= 0.3 is 0 Å². The van der Waals surface area contributed by atoms with Crippen molar-refractivity contribution in [2.24, 2.45) is 5.92 Å². The minimum atomic E-state index is -3.41. The van der Waals surface area contributed by atoms with Gasteiger partial charge in [-0.1, -0.05) is 0 Å². The summed E-state index contributed by atoms with van der Waals surface area (Å²) in [4.78, 5) is 0.263. The molecule has 1 saturated carbocycles. The average Bonchev–Trinajstić information content (AvgIpc) is 3.06. The van der Waals surface area contributed by atoms with Gasteiger partial charge in [0.1, 0.15) is 0 Å². The van der Waals surface area contributed by atoms with Crippen molar-refractivity contribution in [3.63, 3.8) is 0 Å². The highest BCUT2D eigenvalue weighted by Crippen LogP contribution is 2.28. The molecular weight excluding hydrogens is 236 g/mol. The topological polar surface area (TPSA) is 72.2 Å². The molecule has 5 heteroatoms. The molecule has 3 N–H and O–H groups in total. The van der Waals surface area contributed by atoms with E-state index in [0.29, 0.717) is 18.2 Å². The molecule has 2 rings (SSSR count). The molecule has 1 aromatic rings. The Labute approximate surface area is 102 Å². The zero-order valence-electron chi connectivity index (χ0n) is 10.2. The van der Waals surface area contributed by atoms with Crippen LogP contribution in [0.25, 0.3) is 0 Å². The molecule has 0 atom stereocenters. The summed E-state index contributed by atoms with van der Waals surface area (Å²) in [7, 11) is -3.41. The number of nitrogen functional groups attached to an aromatic ring is 1. The predicted octanol–water partition coefficient (Wildman–Crippen LogP) is 1.57. The first-order valence-corrected chi connectivity index (χ1v) is 7.25. The van der Waals surface area contributed by atoms with E-state index in [2.05, 4.69) is 4.72 Å². The van der Waals surface area contributed by atoms with Gasteiger partial charge in [-0.3, -0.25) is 0 Å². The lowest BCUT2D eigenvalue weighted by atomic mass is 10.1. The summed E-state index contributed by atoms with van der Waals surface area (Å²) in [5.41, 5.74) is 8.16. The van der Waals surface area contributed by atoms with Crippen molar-refractivity contribution in [1.29, 1.82) is 0 Å². The molecule has 0 spiro atoms. The van der Waals surface area contributed by atoms with Crippen molar-refractivity contribution in [1.82, 2.24) is 4.72 Å². The molecule has 4 nitrogen and oxygen atoms in total. The summed E-state index contributed by atoms with van der Waals surface area (Å²) in [6.07, 6.45) is 2.25. The molecule has 0 unspecified atom stereocenters. The van der Waals surface area contributed by atoms with Gasteiger partial charge in [0.15, 0.2) is 0 Å². The van der Waals surface area contributed by atoms with Gasteiger partial charge in [-0.25, -0.2) is 13.1 Å². The summed E-state index contributed by atoms with van der Waals surface area (Å²) in [5.74, 6) is 0.522.